The van der Waals surface area contributed by atoms with Crippen LogP contribution in [0.4, 0.5) is 5.69 Å². The van der Waals surface area contributed by atoms with E-state index in [0.717, 1.165) is 5.56 Å². The lowest BCUT2D eigenvalue weighted by Gasteiger charge is -2.01. The fourth-order valence-electron chi connectivity index (χ4n) is 2.29. The molecule has 0 radical (unpaired) electrons. The monoisotopic (exact) mass is 373 g/mol. The largest absolute Gasteiger partial charge is 0.441 e. The standard InChI is InChI=1S/C17H16ClN5O3/c18-12-3-1-11(2-4-12)14-8-20-17(26-14)6-5-16(25)22-13-7-21-23(9-13)10-15(19)24/h1-4,7-9H,5-6,10H2,(H2,19,24)(H,22,25). The first-order chi connectivity index (χ1) is 12.5. The molecule has 0 saturated heterocycles. The molecule has 0 aliphatic heterocycles. The number of primary amides is 1. The number of benzene rings is 1. The van der Waals surface area contributed by atoms with E-state index < -0.39 is 5.91 Å². The van der Waals surface area contributed by atoms with Crippen LogP contribution in [0, 0.1) is 0 Å². The number of oxazole rings is 1. The zero-order valence-electron chi connectivity index (χ0n) is 13.7. The van der Waals surface area contributed by atoms with Crippen molar-refractivity contribution in [2.45, 2.75) is 19.4 Å². The van der Waals surface area contributed by atoms with Crippen molar-refractivity contribution < 1.29 is 14.0 Å². The van der Waals surface area contributed by atoms with Gasteiger partial charge in [-0.3, -0.25) is 14.3 Å². The molecule has 0 atom stereocenters. The van der Waals surface area contributed by atoms with E-state index in [2.05, 4.69) is 15.4 Å². The van der Waals surface area contributed by atoms with Crippen molar-refractivity contribution in [3.05, 3.63) is 53.8 Å². The van der Waals surface area contributed by atoms with Crippen molar-refractivity contribution in [1.29, 1.82) is 0 Å². The van der Waals surface area contributed by atoms with Crippen LogP contribution in [0.1, 0.15) is 12.3 Å². The Morgan fingerprint density at radius 3 is 2.73 bits per heavy atom. The number of anilines is 1. The van der Waals surface area contributed by atoms with E-state index in [1.54, 1.807) is 18.3 Å². The summed E-state index contributed by atoms with van der Waals surface area (Å²) < 4.78 is 7.01. The topological polar surface area (TPSA) is 116 Å². The average molecular weight is 374 g/mol. The Morgan fingerprint density at radius 1 is 1.23 bits per heavy atom. The number of rotatable bonds is 7. The van der Waals surface area contributed by atoms with E-state index in [0.29, 0.717) is 28.8 Å². The van der Waals surface area contributed by atoms with Gasteiger partial charge in [-0.05, 0) is 24.3 Å². The highest BCUT2D eigenvalue weighted by molar-refractivity contribution is 6.30. The molecule has 0 spiro atoms. The van der Waals surface area contributed by atoms with Gasteiger partial charge in [0, 0.05) is 29.6 Å². The molecule has 0 unspecified atom stereocenters. The Labute approximate surface area is 154 Å². The Bertz CT molecular complexity index is 917. The number of aromatic nitrogens is 3. The molecule has 0 fully saturated rings. The molecule has 2 amide bonds. The smallest absolute Gasteiger partial charge is 0.239 e. The second kappa shape index (κ2) is 7.83. The molecule has 0 saturated carbocycles. The first-order valence-corrected chi connectivity index (χ1v) is 8.18. The van der Waals surface area contributed by atoms with Crippen LogP contribution in [0.25, 0.3) is 11.3 Å². The van der Waals surface area contributed by atoms with Gasteiger partial charge in [-0.2, -0.15) is 5.10 Å². The molecule has 9 heteroatoms. The lowest BCUT2D eigenvalue weighted by atomic mass is 10.2. The predicted molar refractivity (Wildman–Crippen MR) is 95.3 cm³/mol. The molecule has 3 aromatic rings. The Morgan fingerprint density at radius 2 is 2.00 bits per heavy atom. The normalized spacial score (nSPS) is 10.7. The van der Waals surface area contributed by atoms with Crippen LogP contribution < -0.4 is 11.1 Å². The molecular formula is C17H16ClN5O3. The van der Waals surface area contributed by atoms with Gasteiger partial charge in [0.05, 0.1) is 18.1 Å². The molecular weight excluding hydrogens is 358 g/mol. The van der Waals surface area contributed by atoms with Crippen LogP contribution in [0.2, 0.25) is 5.02 Å². The summed E-state index contributed by atoms with van der Waals surface area (Å²) in [5.41, 5.74) is 6.44. The third-order valence-electron chi connectivity index (χ3n) is 3.48. The van der Waals surface area contributed by atoms with Gasteiger partial charge in [0.25, 0.3) is 0 Å². The fraction of sp³-hybridized carbons (Fsp3) is 0.176. The summed E-state index contributed by atoms with van der Waals surface area (Å²) in [5.74, 6) is 0.362. The quantitative estimate of drug-likeness (QED) is 0.658. The van der Waals surface area contributed by atoms with Gasteiger partial charge in [-0.1, -0.05) is 11.6 Å². The van der Waals surface area contributed by atoms with Crippen molar-refractivity contribution in [2.75, 3.05) is 5.32 Å². The molecule has 3 N–H and O–H groups in total. The summed E-state index contributed by atoms with van der Waals surface area (Å²) in [6.07, 6.45) is 5.15. The number of hydrogen-bond donors (Lipinski definition) is 2. The summed E-state index contributed by atoms with van der Waals surface area (Å²) in [6, 6.07) is 7.21. The van der Waals surface area contributed by atoms with Crippen LogP contribution in [-0.4, -0.2) is 26.6 Å². The number of amides is 2. The van der Waals surface area contributed by atoms with E-state index in [1.807, 2.05) is 12.1 Å². The van der Waals surface area contributed by atoms with Crippen molar-refractivity contribution in [3.8, 4) is 11.3 Å². The number of hydrogen-bond acceptors (Lipinski definition) is 5. The minimum Gasteiger partial charge on any atom is -0.441 e. The minimum atomic E-state index is -0.508. The molecule has 0 aliphatic rings. The number of carbonyl (C=O) groups excluding carboxylic acids is 2. The molecule has 134 valence electrons. The van der Waals surface area contributed by atoms with Crippen LogP contribution in [0.3, 0.4) is 0 Å². The zero-order valence-corrected chi connectivity index (χ0v) is 14.4. The highest BCUT2D eigenvalue weighted by Gasteiger charge is 2.10. The average Bonchev–Trinajstić information content (AvgIpc) is 3.23. The maximum absolute atomic E-state index is 12.0. The fourth-order valence-corrected chi connectivity index (χ4v) is 2.42. The van der Waals surface area contributed by atoms with Gasteiger partial charge in [0.2, 0.25) is 11.8 Å². The van der Waals surface area contributed by atoms with Gasteiger partial charge in [-0.25, -0.2) is 4.98 Å². The molecule has 2 aromatic heterocycles. The summed E-state index contributed by atoms with van der Waals surface area (Å²) in [5, 5.41) is 7.27. The van der Waals surface area contributed by atoms with Crippen LogP contribution in [-0.2, 0) is 22.6 Å². The van der Waals surface area contributed by atoms with Crippen molar-refractivity contribution in [3.63, 3.8) is 0 Å². The number of aryl methyl sites for hydroxylation is 1. The van der Waals surface area contributed by atoms with Gasteiger partial charge in [0.1, 0.15) is 6.54 Å². The summed E-state index contributed by atoms with van der Waals surface area (Å²) in [7, 11) is 0. The molecule has 1 aromatic carbocycles. The summed E-state index contributed by atoms with van der Waals surface area (Å²) in [6.45, 7) is -0.0420. The minimum absolute atomic E-state index is 0.0420. The second-order valence-electron chi connectivity index (χ2n) is 5.57. The van der Waals surface area contributed by atoms with E-state index in [4.69, 9.17) is 21.8 Å². The maximum Gasteiger partial charge on any atom is 0.239 e. The first kappa shape index (κ1) is 17.7. The van der Waals surface area contributed by atoms with Crippen LogP contribution in [0.5, 0.6) is 0 Å². The molecule has 26 heavy (non-hydrogen) atoms. The third-order valence-corrected chi connectivity index (χ3v) is 3.74. The Balaban J connectivity index is 1.52. The predicted octanol–water partition coefficient (Wildman–Crippen LogP) is 2.25. The van der Waals surface area contributed by atoms with Gasteiger partial charge >= 0.3 is 0 Å². The molecule has 8 nitrogen and oxygen atoms in total. The van der Waals surface area contributed by atoms with Gasteiger partial charge in [0.15, 0.2) is 11.7 Å². The second-order valence-corrected chi connectivity index (χ2v) is 6.00. The van der Waals surface area contributed by atoms with Crippen molar-refractivity contribution in [2.24, 2.45) is 5.73 Å². The van der Waals surface area contributed by atoms with Crippen LogP contribution in [0.15, 0.2) is 47.3 Å². The van der Waals surface area contributed by atoms with Gasteiger partial charge < -0.3 is 15.5 Å². The zero-order chi connectivity index (χ0) is 18.5. The summed E-state index contributed by atoms with van der Waals surface area (Å²) >= 11 is 5.86. The maximum atomic E-state index is 12.0. The lowest BCUT2D eigenvalue weighted by molar-refractivity contribution is -0.118. The van der Waals surface area contributed by atoms with E-state index >= 15 is 0 Å². The number of nitrogens with zero attached hydrogens (tertiary/aromatic N) is 3. The third kappa shape index (κ3) is 4.70. The Hall–Kier alpha value is -3.13. The van der Waals surface area contributed by atoms with Crippen LogP contribution >= 0.6 is 11.6 Å². The molecule has 3 rings (SSSR count). The van der Waals surface area contributed by atoms with E-state index in [1.165, 1.54) is 17.1 Å². The number of halogens is 1. The highest BCUT2D eigenvalue weighted by atomic mass is 35.5. The molecule has 0 bridgehead atoms. The van der Waals surface area contributed by atoms with Crippen molar-refractivity contribution >= 4 is 29.1 Å². The SMILES string of the molecule is NC(=O)Cn1cc(NC(=O)CCc2ncc(-c3ccc(Cl)cc3)o2)cn1. The molecule has 0 aliphatic carbocycles. The lowest BCUT2D eigenvalue weighted by Crippen LogP contribution is -2.18. The number of carbonyl (C=O) groups is 2. The molecule has 2 heterocycles. The van der Waals surface area contributed by atoms with E-state index in [-0.39, 0.29) is 18.9 Å². The van der Waals surface area contributed by atoms with E-state index in [9.17, 15) is 9.59 Å². The summed E-state index contributed by atoms with van der Waals surface area (Å²) in [4.78, 5) is 27.0. The number of nitrogens with one attached hydrogen (secondary N) is 1. The number of nitrogens with two attached hydrogens (primary N) is 1. The van der Waals surface area contributed by atoms with Crippen molar-refractivity contribution in [1.82, 2.24) is 14.8 Å². The van der Waals surface area contributed by atoms with Gasteiger partial charge in [-0.15, -0.1) is 0 Å². The highest BCUT2D eigenvalue weighted by Crippen LogP contribution is 2.22. The first-order valence-electron chi connectivity index (χ1n) is 7.81. The Kier molecular flexibility index (Phi) is 5.33.